The Bertz CT molecular complexity index is 447. The molecule has 2 heteroatoms. The van der Waals surface area contributed by atoms with Crippen molar-refractivity contribution in [1.82, 2.24) is 0 Å². The highest BCUT2D eigenvalue weighted by Gasteiger charge is 2.22. The number of ether oxygens (including phenoxy) is 1. The van der Waals surface area contributed by atoms with Crippen LogP contribution in [0.25, 0.3) is 0 Å². The molecule has 1 aromatic carbocycles. The number of allylic oxidation sites excluding steroid dienone is 1. The maximum Gasteiger partial charge on any atom is 0.0991 e. The maximum atomic E-state index is 8.80. The van der Waals surface area contributed by atoms with E-state index in [2.05, 4.69) is 31.2 Å². The quantitative estimate of drug-likeness (QED) is 0.741. The van der Waals surface area contributed by atoms with E-state index in [0.29, 0.717) is 12.0 Å². The Morgan fingerprint density at radius 2 is 1.89 bits per heavy atom. The Kier molecular flexibility index (Phi) is 5.03. The van der Waals surface area contributed by atoms with E-state index in [-0.39, 0.29) is 0 Å². The van der Waals surface area contributed by atoms with Gasteiger partial charge >= 0.3 is 0 Å². The fraction of sp³-hybridized carbons (Fsp3) is 0.471. The lowest BCUT2D eigenvalue weighted by molar-refractivity contribution is 0.0992. The third kappa shape index (κ3) is 3.86. The number of rotatable bonds is 4. The summed E-state index contributed by atoms with van der Waals surface area (Å²) in [6.45, 7) is 2.11. The highest BCUT2D eigenvalue weighted by Crippen LogP contribution is 2.34. The lowest BCUT2D eigenvalue weighted by Crippen LogP contribution is -2.19. The summed E-state index contributed by atoms with van der Waals surface area (Å²) in [5, 5.41) is 8.80. The molecule has 0 heterocycles. The van der Waals surface area contributed by atoms with E-state index >= 15 is 0 Å². The van der Waals surface area contributed by atoms with E-state index in [1.165, 1.54) is 18.4 Å². The summed E-state index contributed by atoms with van der Waals surface area (Å²) in [4.78, 5) is 0. The number of hydrogen-bond donors (Lipinski definition) is 0. The van der Waals surface area contributed by atoms with E-state index in [1.807, 2.05) is 18.4 Å². The first-order valence-corrected chi connectivity index (χ1v) is 7.14. The predicted octanol–water partition coefficient (Wildman–Crippen LogP) is 4.52. The number of benzene rings is 1. The molecule has 19 heavy (non-hydrogen) atoms. The Hall–Kier alpha value is -1.75. The average molecular weight is 255 g/mol. The van der Waals surface area contributed by atoms with Gasteiger partial charge in [-0.3, -0.25) is 0 Å². The SMILES string of the molecule is CC/C=C/OC1CCC(c2ccc(C#N)cc2)CC1. The number of nitriles is 1. The standard InChI is InChI=1S/C17H21NO/c1-2-3-12-19-17-10-8-16(9-11-17)15-6-4-14(13-18)5-7-15/h3-7,12,16-17H,2,8-11H2,1H3/b12-3+. The topological polar surface area (TPSA) is 33.0 Å². The van der Waals surface area contributed by atoms with Crippen LogP contribution in [-0.2, 0) is 4.74 Å². The van der Waals surface area contributed by atoms with Crippen LogP contribution in [0, 0.1) is 11.3 Å². The molecule has 1 aliphatic carbocycles. The molecule has 0 bridgehead atoms. The molecule has 0 saturated heterocycles. The van der Waals surface area contributed by atoms with Crippen LogP contribution >= 0.6 is 0 Å². The molecule has 1 fully saturated rings. The molecule has 0 unspecified atom stereocenters. The van der Waals surface area contributed by atoms with Crippen molar-refractivity contribution in [2.45, 2.75) is 51.0 Å². The summed E-state index contributed by atoms with van der Waals surface area (Å²) < 4.78 is 5.72. The van der Waals surface area contributed by atoms with Crippen LogP contribution in [0.5, 0.6) is 0 Å². The second-order valence-corrected chi connectivity index (χ2v) is 5.12. The lowest BCUT2D eigenvalue weighted by atomic mass is 9.82. The summed E-state index contributed by atoms with van der Waals surface area (Å²) in [5.41, 5.74) is 2.10. The van der Waals surface area contributed by atoms with Crippen molar-refractivity contribution in [3.8, 4) is 6.07 Å². The summed E-state index contributed by atoms with van der Waals surface area (Å²) in [6, 6.07) is 10.2. The summed E-state index contributed by atoms with van der Waals surface area (Å²) in [5.74, 6) is 0.628. The maximum absolute atomic E-state index is 8.80. The number of nitrogens with zero attached hydrogens (tertiary/aromatic N) is 1. The summed E-state index contributed by atoms with van der Waals surface area (Å²) in [6.07, 6.45) is 9.93. The molecule has 1 saturated carbocycles. The van der Waals surface area contributed by atoms with Gasteiger partial charge in [0.1, 0.15) is 0 Å². The van der Waals surface area contributed by atoms with Crippen LogP contribution in [0.4, 0.5) is 0 Å². The van der Waals surface area contributed by atoms with Crippen molar-refractivity contribution in [2.24, 2.45) is 0 Å². The first kappa shape index (κ1) is 13.7. The van der Waals surface area contributed by atoms with E-state index in [9.17, 15) is 0 Å². The van der Waals surface area contributed by atoms with Crippen LogP contribution in [0.15, 0.2) is 36.6 Å². The van der Waals surface area contributed by atoms with Gasteiger partial charge in [-0.25, -0.2) is 0 Å². The molecule has 2 rings (SSSR count). The van der Waals surface area contributed by atoms with Gasteiger partial charge in [0.2, 0.25) is 0 Å². The zero-order valence-electron chi connectivity index (χ0n) is 11.5. The van der Waals surface area contributed by atoms with Crippen LogP contribution in [0.3, 0.4) is 0 Å². The van der Waals surface area contributed by atoms with Crippen LogP contribution < -0.4 is 0 Å². The van der Waals surface area contributed by atoms with E-state index in [0.717, 1.165) is 24.8 Å². The minimum Gasteiger partial charge on any atom is -0.498 e. The van der Waals surface area contributed by atoms with Gasteiger partial charge in [-0.05, 0) is 55.7 Å². The summed E-state index contributed by atoms with van der Waals surface area (Å²) >= 11 is 0. The van der Waals surface area contributed by atoms with Gasteiger partial charge in [0.25, 0.3) is 0 Å². The molecule has 2 nitrogen and oxygen atoms in total. The highest BCUT2D eigenvalue weighted by atomic mass is 16.5. The molecule has 0 aliphatic heterocycles. The molecule has 0 radical (unpaired) electrons. The molecule has 1 aromatic rings. The second-order valence-electron chi connectivity index (χ2n) is 5.12. The molecular formula is C17H21NO. The van der Waals surface area contributed by atoms with Gasteiger partial charge in [0.05, 0.1) is 24.0 Å². The minimum atomic E-state index is 0.387. The molecule has 0 spiro atoms. The minimum absolute atomic E-state index is 0.387. The van der Waals surface area contributed by atoms with E-state index < -0.39 is 0 Å². The Labute approximate surface area is 115 Å². The number of hydrogen-bond acceptors (Lipinski definition) is 2. The molecular weight excluding hydrogens is 234 g/mol. The smallest absolute Gasteiger partial charge is 0.0991 e. The largest absolute Gasteiger partial charge is 0.498 e. The fourth-order valence-electron chi connectivity index (χ4n) is 2.62. The summed E-state index contributed by atoms with van der Waals surface area (Å²) in [7, 11) is 0. The van der Waals surface area contributed by atoms with Crippen molar-refractivity contribution in [1.29, 1.82) is 5.26 Å². The molecule has 1 aliphatic rings. The monoisotopic (exact) mass is 255 g/mol. The van der Waals surface area contributed by atoms with E-state index in [1.54, 1.807) is 0 Å². The van der Waals surface area contributed by atoms with Crippen molar-refractivity contribution in [3.63, 3.8) is 0 Å². The van der Waals surface area contributed by atoms with Crippen LogP contribution in [0.2, 0.25) is 0 Å². The predicted molar refractivity (Wildman–Crippen MR) is 76.7 cm³/mol. The Balaban J connectivity index is 1.85. The molecule has 0 N–H and O–H groups in total. The van der Waals surface area contributed by atoms with E-state index in [4.69, 9.17) is 10.00 Å². The molecule has 0 atom stereocenters. The van der Waals surface area contributed by atoms with Gasteiger partial charge in [0.15, 0.2) is 0 Å². The Morgan fingerprint density at radius 3 is 2.47 bits per heavy atom. The van der Waals surface area contributed by atoms with Crippen molar-refractivity contribution in [2.75, 3.05) is 0 Å². The zero-order valence-corrected chi connectivity index (χ0v) is 11.5. The van der Waals surface area contributed by atoms with Crippen molar-refractivity contribution in [3.05, 3.63) is 47.7 Å². The highest BCUT2D eigenvalue weighted by molar-refractivity contribution is 5.33. The first-order chi connectivity index (χ1) is 9.33. The second kappa shape index (κ2) is 6.99. The molecule has 100 valence electrons. The lowest BCUT2D eigenvalue weighted by Gasteiger charge is -2.28. The molecule has 0 aromatic heterocycles. The first-order valence-electron chi connectivity index (χ1n) is 7.14. The Morgan fingerprint density at radius 1 is 1.21 bits per heavy atom. The zero-order chi connectivity index (χ0) is 13.5. The fourth-order valence-corrected chi connectivity index (χ4v) is 2.62. The van der Waals surface area contributed by atoms with Gasteiger partial charge in [0, 0.05) is 0 Å². The van der Waals surface area contributed by atoms with Crippen LogP contribution in [-0.4, -0.2) is 6.10 Å². The van der Waals surface area contributed by atoms with Gasteiger partial charge in [-0.2, -0.15) is 5.26 Å². The average Bonchev–Trinajstić information content (AvgIpc) is 2.48. The third-order valence-corrected chi connectivity index (χ3v) is 3.79. The normalized spacial score (nSPS) is 23.2. The van der Waals surface area contributed by atoms with Crippen molar-refractivity contribution >= 4 is 0 Å². The molecule has 0 amide bonds. The van der Waals surface area contributed by atoms with Gasteiger partial charge in [-0.15, -0.1) is 0 Å². The van der Waals surface area contributed by atoms with Gasteiger partial charge in [-0.1, -0.05) is 25.1 Å². The van der Waals surface area contributed by atoms with Crippen LogP contribution in [0.1, 0.15) is 56.1 Å². The van der Waals surface area contributed by atoms with Gasteiger partial charge < -0.3 is 4.74 Å². The van der Waals surface area contributed by atoms with Crippen molar-refractivity contribution < 1.29 is 4.74 Å². The third-order valence-electron chi connectivity index (χ3n) is 3.79.